The molecule has 2 heterocycles. The maximum absolute atomic E-state index is 5.77. The van der Waals surface area contributed by atoms with E-state index in [4.69, 9.17) is 5.73 Å². The smallest absolute Gasteiger partial charge is 0.0808 e. The van der Waals surface area contributed by atoms with E-state index < -0.39 is 0 Å². The molecule has 0 fully saturated rings. The van der Waals surface area contributed by atoms with Crippen LogP contribution >= 0.6 is 0 Å². The highest BCUT2D eigenvalue weighted by atomic mass is 15.3. The fraction of sp³-hybridized carbons (Fsp3) is 0.750. The lowest BCUT2D eigenvalue weighted by Crippen LogP contribution is -2.28. The van der Waals surface area contributed by atoms with Gasteiger partial charge in [-0.25, -0.2) is 0 Å². The predicted molar refractivity (Wildman–Crippen MR) is 65.0 cm³/mol. The molecule has 0 unspecified atom stereocenters. The Balaban J connectivity index is 2.34. The summed E-state index contributed by atoms with van der Waals surface area (Å²) < 4.78 is 2.18. The van der Waals surface area contributed by atoms with Gasteiger partial charge in [0.1, 0.15) is 0 Å². The van der Waals surface area contributed by atoms with Crippen molar-refractivity contribution in [2.75, 3.05) is 13.6 Å². The first-order chi connectivity index (χ1) is 7.61. The monoisotopic (exact) mass is 222 g/mol. The first kappa shape index (κ1) is 11.6. The molecule has 2 N–H and O–H groups in total. The number of hydrogen-bond acceptors (Lipinski definition) is 3. The highest BCUT2D eigenvalue weighted by Gasteiger charge is 2.22. The zero-order chi connectivity index (χ0) is 11.7. The summed E-state index contributed by atoms with van der Waals surface area (Å²) in [5.41, 5.74) is 9.64. The Morgan fingerprint density at radius 3 is 2.81 bits per heavy atom. The first-order valence-corrected chi connectivity index (χ1v) is 6.07. The van der Waals surface area contributed by atoms with E-state index in [0.29, 0.717) is 12.5 Å². The van der Waals surface area contributed by atoms with Crippen LogP contribution in [0.3, 0.4) is 0 Å². The molecule has 0 spiro atoms. The van der Waals surface area contributed by atoms with Gasteiger partial charge in [-0.1, -0.05) is 13.8 Å². The average Bonchev–Trinajstić information content (AvgIpc) is 2.55. The van der Waals surface area contributed by atoms with Gasteiger partial charge in [-0.15, -0.1) is 0 Å². The fourth-order valence-corrected chi connectivity index (χ4v) is 2.36. The van der Waals surface area contributed by atoms with Gasteiger partial charge < -0.3 is 10.6 Å². The molecule has 0 radical (unpaired) electrons. The lowest BCUT2D eigenvalue weighted by Gasteiger charge is -2.23. The molecule has 0 amide bonds. The molecule has 16 heavy (non-hydrogen) atoms. The molecule has 0 aliphatic carbocycles. The van der Waals surface area contributed by atoms with Gasteiger partial charge >= 0.3 is 0 Å². The van der Waals surface area contributed by atoms with Crippen molar-refractivity contribution in [3.63, 3.8) is 0 Å². The molecule has 1 aromatic heterocycles. The van der Waals surface area contributed by atoms with Crippen LogP contribution in [0.15, 0.2) is 0 Å². The Morgan fingerprint density at radius 1 is 1.44 bits per heavy atom. The van der Waals surface area contributed by atoms with Crippen molar-refractivity contribution in [3.05, 3.63) is 17.0 Å². The van der Waals surface area contributed by atoms with Crippen molar-refractivity contribution in [1.82, 2.24) is 14.7 Å². The van der Waals surface area contributed by atoms with Crippen LogP contribution in [0.1, 0.15) is 30.8 Å². The van der Waals surface area contributed by atoms with E-state index in [1.54, 1.807) is 0 Å². The third kappa shape index (κ3) is 2.13. The van der Waals surface area contributed by atoms with Crippen LogP contribution < -0.4 is 5.73 Å². The summed E-state index contributed by atoms with van der Waals surface area (Å²) in [6.45, 7) is 8.14. The highest BCUT2D eigenvalue weighted by Crippen LogP contribution is 2.22. The number of rotatable bonds is 3. The van der Waals surface area contributed by atoms with E-state index >= 15 is 0 Å². The predicted octanol–water partition coefficient (Wildman–Crippen LogP) is 0.986. The average molecular weight is 222 g/mol. The number of likely N-dealkylation sites (N-methyl/N-ethyl adjacent to an activating group) is 1. The zero-order valence-electron chi connectivity index (χ0n) is 10.5. The van der Waals surface area contributed by atoms with Gasteiger partial charge in [0.25, 0.3) is 0 Å². The second kappa shape index (κ2) is 4.55. The van der Waals surface area contributed by atoms with Gasteiger partial charge in [-0.2, -0.15) is 5.10 Å². The van der Waals surface area contributed by atoms with Crippen LogP contribution in [0.4, 0.5) is 0 Å². The molecule has 1 aliphatic heterocycles. The van der Waals surface area contributed by atoms with Crippen molar-refractivity contribution in [3.8, 4) is 0 Å². The molecular weight excluding hydrogens is 200 g/mol. The van der Waals surface area contributed by atoms with E-state index in [-0.39, 0.29) is 0 Å². The fourth-order valence-electron chi connectivity index (χ4n) is 2.36. The lowest BCUT2D eigenvalue weighted by molar-refractivity contribution is 0.304. The largest absolute Gasteiger partial charge is 0.325 e. The molecule has 0 saturated heterocycles. The van der Waals surface area contributed by atoms with Crippen LogP contribution in [0.2, 0.25) is 0 Å². The number of nitrogens with zero attached hydrogens (tertiary/aromatic N) is 3. The van der Waals surface area contributed by atoms with Gasteiger partial charge in [0.2, 0.25) is 0 Å². The van der Waals surface area contributed by atoms with Crippen LogP contribution in [0, 0.1) is 5.92 Å². The number of aromatic nitrogens is 2. The lowest BCUT2D eigenvalue weighted by atomic mass is 10.1. The second-order valence-corrected chi connectivity index (χ2v) is 5.14. The minimum atomic E-state index is 0.557. The Kier molecular flexibility index (Phi) is 3.30. The standard InChI is InChI=1S/C12H22N4/c1-9(2)7-16-12-4-5-15(3)8-10(12)11(6-13)14-16/h9H,4-8,13H2,1-3H3. The topological polar surface area (TPSA) is 47.1 Å². The maximum Gasteiger partial charge on any atom is 0.0808 e. The molecule has 4 heteroatoms. The summed E-state index contributed by atoms with van der Waals surface area (Å²) in [4.78, 5) is 2.34. The second-order valence-electron chi connectivity index (χ2n) is 5.14. The molecule has 90 valence electrons. The molecular formula is C12H22N4. The Labute approximate surface area is 97.4 Å². The van der Waals surface area contributed by atoms with E-state index in [2.05, 4.69) is 35.6 Å². The summed E-state index contributed by atoms with van der Waals surface area (Å²) in [6.07, 6.45) is 1.10. The summed E-state index contributed by atoms with van der Waals surface area (Å²) >= 11 is 0. The maximum atomic E-state index is 5.77. The van der Waals surface area contributed by atoms with Gasteiger partial charge in [-0.3, -0.25) is 4.68 Å². The summed E-state index contributed by atoms with van der Waals surface area (Å²) in [6, 6.07) is 0. The molecule has 1 aliphatic rings. The normalized spacial score (nSPS) is 16.8. The SMILES string of the molecule is CC(C)Cn1nc(CN)c2c1CCN(C)C2. The van der Waals surface area contributed by atoms with Crippen LogP contribution in [0.5, 0.6) is 0 Å². The third-order valence-corrected chi connectivity index (χ3v) is 3.14. The summed E-state index contributed by atoms with van der Waals surface area (Å²) in [5, 5.41) is 4.65. The van der Waals surface area contributed by atoms with E-state index in [1.165, 1.54) is 11.3 Å². The van der Waals surface area contributed by atoms with Gasteiger partial charge in [0.05, 0.1) is 5.69 Å². The Morgan fingerprint density at radius 2 is 2.19 bits per heavy atom. The van der Waals surface area contributed by atoms with E-state index in [9.17, 15) is 0 Å². The van der Waals surface area contributed by atoms with Crippen molar-refractivity contribution in [2.45, 2.75) is 39.9 Å². The van der Waals surface area contributed by atoms with Gasteiger partial charge in [0, 0.05) is 43.9 Å². The van der Waals surface area contributed by atoms with E-state index in [1.807, 2.05) is 0 Å². The summed E-state index contributed by atoms with van der Waals surface area (Å²) in [5.74, 6) is 0.634. The molecule has 0 aromatic carbocycles. The van der Waals surface area contributed by atoms with Gasteiger partial charge in [0.15, 0.2) is 0 Å². The van der Waals surface area contributed by atoms with Crippen molar-refractivity contribution < 1.29 is 0 Å². The molecule has 1 aromatic rings. The number of hydrogen-bond donors (Lipinski definition) is 1. The van der Waals surface area contributed by atoms with E-state index in [0.717, 1.165) is 31.7 Å². The Hall–Kier alpha value is -0.870. The van der Waals surface area contributed by atoms with Crippen molar-refractivity contribution >= 4 is 0 Å². The van der Waals surface area contributed by atoms with Crippen molar-refractivity contribution in [2.24, 2.45) is 11.7 Å². The van der Waals surface area contributed by atoms with Crippen LogP contribution in [-0.4, -0.2) is 28.3 Å². The molecule has 4 nitrogen and oxygen atoms in total. The van der Waals surface area contributed by atoms with Crippen LogP contribution in [-0.2, 0) is 26.1 Å². The van der Waals surface area contributed by atoms with Crippen LogP contribution in [0.25, 0.3) is 0 Å². The minimum Gasteiger partial charge on any atom is -0.325 e. The third-order valence-electron chi connectivity index (χ3n) is 3.14. The highest BCUT2D eigenvalue weighted by molar-refractivity contribution is 5.28. The minimum absolute atomic E-state index is 0.557. The number of fused-ring (bicyclic) bond motifs is 1. The summed E-state index contributed by atoms with van der Waals surface area (Å²) in [7, 11) is 2.16. The molecule has 0 atom stereocenters. The molecule has 2 rings (SSSR count). The Bertz CT molecular complexity index is 367. The quantitative estimate of drug-likeness (QED) is 0.829. The molecule has 0 bridgehead atoms. The zero-order valence-corrected chi connectivity index (χ0v) is 10.5. The molecule has 0 saturated carbocycles. The first-order valence-electron chi connectivity index (χ1n) is 6.07. The van der Waals surface area contributed by atoms with Gasteiger partial charge in [-0.05, 0) is 13.0 Å². The van der Waals surface area contributed by atoms with Crippen molar-refractivity contribution in [1.29, 1.82) is 0 Å². The number of nitrogens with two attached hydrogens (primary N) is 1.